The van der Waals surface area contributed by atoms with Crippen molar-refractivity contribution in [2.45, 2.75) is 101 Å². The Morgan fingerprint density at radius 3 is 1.40 bits per heavy atom. The molecule has 2 aliphatic rings. The molecule has 2 heterocycles. The highest BCUT2D eigenvalue weighted by Crippen LogP contribution is 2.36. The molecule has 2 fully saturated rings. The minimum atomic E-state index is -1.72. The van der Waals surface area contributed by atoms with Gasteiger partial charge in [-0.05, 0) is 22.6 Å². The number of halogens is 2. The van der Waals surface area contributed by atoms with Gasteiger partial charge in [-0.3, -0.25) is 33.6 Å². The van der Waals surface area contributed by atoms with Gasteiger partial charge < -0.3 is 47.4 Å². The van der Waals surface area contributed by atoms with E-state index in [-0.39, 0.29) is 4.43 Å². The van der Waals surface area contributed by atoms with E-state index < -0.39 is 114 Å². The van der Waals surface area contributed by atoms with E-state index in [9.17, 15) is 33.6 Å². The lowest BCUT2D eigenvalue weighted by atomic mass is 9.96. The van der Waals surface area contributed by atoms with E-state index in [1.54, 1.807) is 22.6 Å². The maximum Gasteiger partial charge on any atom is 0.316 e. The largest absolute Gasteiger partial charge is 0.463 e. The van der Waals surface area contributed by atoms with E-state index in [1.165, 1.54) is 0 Å². The maximum absolute atomic E-state index is 12.3. The van der Waals surface area contributed by atoms with Gasteiger partial charge in [0.1, 0.15) is 35.6 Å². The molecule has 2 aliphatic heterocycles. The summed E-state index contributed by atoms with van der Waals surface area (Å²) in [5, 5.41) is 0. The van der Waals surface area contributed by atoms with Crippen molar-refractivity contribution < 1.29 is 80.9 Å². The Kier molecular flexibility index (Phi) is 15.6. The summed E-state index contributed by atoms with van der Waals surface area (Å²) in [6.45, 7) is 5.55. The van der Waals surface area contributed by atoms with Crippen molar-refractivity contribution >= 4 is 87.0 Å². The Bertz CT molecular complexity index is 1120. The molecule has 0 radical (unpaired) electrons. The molecule has 2 rings (SSSR count). The van der Waals surface area contributed by atoms with Crippen LogP contribution in [0.4, 0.5) is 0 Å². The molecule has 17 nitrogen and oxygen atoms in total. The monoisotopic (exact) mass is 872 g/mol. The standard InChI is InChI=1S/C26H34I2O17/c1-10(29)36-8-16-20(21(39-13(4)32)23(25(28)42-16)44-18(35)7-27)45-26-24(41-15(6)34)22(40-14(5)33)19(38-12(3)31)17(43-26)9-37-11(2)30/h16-17,19-26H,7-9H2,1-6H3/t16-,17-,19-,20-,21+,22+,23-,24-,25+,26-/m1/s1. The van der Waals surface area contributed by atoms with Crippen molar-refractivity contribution in [1.29, 1.82) is 0 Å². The van der Waals surface area contributed by atoms with Crippen molar-refractivity contribution in [2.75, 3.05) is 17.6 Å². The van der Waals surface area contributed by atoms with E-state index in [2.05, 4.69) is 0 Å². The number of hydrogen-bond acceptors (Lipinski definition) is 17. The molecule has 19 heteroatoms. The third kappa shape index (κ3) is 12.1. The van der Waals surface area contributed by atoms with Crippen molar-refractivity contribution in [2.24, 2.45) is 0 Å². The summed E-state index contributed by atoms with van der Waals surface area (Å²) in [5.41, 5.74) is 0. The van der Waals surface area contributed by atoms with Crippen LogP contribution in [0.2, 0.25) is 0 Å². The molecule has 0 aromatic rings. The number of carbonyl (C=O) groups is 7. The molecule has 0 aromatic carbocycles. The number of rotatable bonds is 12. The first-order valence-electron chi connectivity index (χ1n) is 13.4. The third-order valence-electron chi connectivity index (χ3n) is 5.95. The molecule has 0 aromatic heterocycles. The van der Waals surface area contributed by atoms with Crippen molar-refractivity contribution in [3.05, 3.63) is 0 Å². The maximum atomic E-state index is 12.3. The molecule has 2 saturated heterocycles. The molecule has 10 atom stereocenters. The Morgan fingerprint density at radius 2 is 0.956 bits per heavy atom. The van der Waals surface area contributed by atoms with Crippen molar-refractivity contribution in [3.63, 3.8) is 0 Å². The van der Waals surface area contributed by atoms with Gasteiger partial charge in [0.25, 0.3) is 0 Å². The quantitative estimate of drug-likeness (QED) is 0.113. The molecule has 0 spiro atoms. The van der Waals surface area contributed by atoms with Gasteiger partial charge in [-0.25, -0.2) is 0 Å². The molecule has 0 amide bonds. The van der Waals surface area contributed by atoms with Gasteiger partial charge in [-0.1, -0.05) is 22.6 Å². The first-order chi connectivity index (χ1) is 21.0. The van der Waals surface area contributed by atoms with Gasteiger partial charge in [-0.15, -0.1) is 0 Å². The first-order valence-corrected chi connectivity index (χ1v) is 16.1. The minimum Gasteiger partial charge on any atom is -0.463 e. The highest BCUT2D eigenvalue weighted by atomic mass is 127. The highest BCUT2D eigenvalue weighted by Gasteiger charge is 2.57. The van der Waals surface area contributed by atoms with Crippen molar-refractivity contribution in [3.8, 4) is 0 Å². The zero-order chi connectivity index (χ0) is 34.0. The summed E-state index contributed by atoms with van der Waals surface area (Å²) in [5.74, 6) is -5.48. The Balaban J connectivity index is 2.67. The van der Waals surface area contributed by atoms with E-state index in [0.717, 1.165) is 41.5 Å². The fourth-order valence-corrected chi connectivity index (χ4v) is 5.56. The number of carbonyl (C=O) groups excluding carboxylic acids is 7. The van der Waals surface area contributed by atoms with Gasteiger partial charge in [0.15, 0.2) is 36.8 Å². The second-order valence-electron chi connectivity index (χ2n) is 9.66. The van der Waals surface area contributed by atoms with Gasteiger partial charge in [0, 0.05) is 41.5 Å². The minimum absolute atomic E-state index is 0.0630. The smallest absolute Gasteiger partial charge is 0.316 e. The van der Waals surface area contributed by atoms with Crippen LogP contribution in [0.5, 0.6) is 0 Å². The lowest BCUT2D eigenvalue weighted by Crippen LogP contribution is -2.66. The molecule has 45 heavy (non-hydrogen) atoms. The van der Waals surface area contributed by atoms with Crippen LogP contribution < -0.4 is 0 Å². The predicted molar refractivity (Wildman–Crippen MR) is 160 cm³/mol. The average molecular weight is 872 g/mol. The second-order valence-corrected chi connectivity index (χ2v) is 11.6. The summed E-state index contributed by atoms with van der Waals surface area (Å²) < 4.78 is 54.7. The SMILES string of the molecule is CC(=O)OC[C@H]1O[C@H](I)[C@H](OC(=O)CI)[C@@H](OC(C)=O)[C@@H]1O[C@H]1O[C@H](COC(C)=O)[C@@H](OC(C)=O)[C@H](OC(C)=O)[C@H]1OC(C)=O. The zero-order valence-corrected chi connectivity index (χ0v) is 29.4. The van der Waals surface area contributed by atoms with Crippen LogP contribution in [0.3, 0.4) is 0 Å². The number of esters is 7. The van der Waals surface area contributed by atoms with Crippen LogP contribution in [0.15, 0.2) is 0 Å². The molecule has 0 N–H and O–H groups in total. The summed E-state index contributed by atoms with van der Waals surface area (Å²) in [6.07, 6.45) is -13.0. The molecular formula is C26H34I2O17. The zero-order valence-electron chi connectivity index (χ0n) is 25.1. The molecule has 254 valence electrons. The first kappa shape index (κ1) is 38.8. The van der Waals surface area contributed by atoms with Crippen LogP contribution in [-0.4, -0.2) is 119 Å². The van der Waals surface area contributed by atoms with E-state index in [4.69, 9.17) is 47.4 Å². The van der Waals surface area contributed by atoms with Crippen LogP contribution in [0, 0.1) is 0 Å². The summed E-state index contributed by atoms with van der Waals surface area (Å²) in [7, 11) is 0. The van der Waals surface area contributed by atoms with Crippen LogP contribution in [0.25, 0.3) is 0 Å². The number of hydrogen-bond donors (Lipinski definition) is 0. The predicted octanol–water partition coefficient (Wildman–Crippen LogP) is 0.456. The van der Waals surface area contributed by atoms with E-state index >= 15 is 0 Å². The number of alkyl halides is 2. The molecule has 0 bridgehead atoms. The Hall–Kier alpha value is -2.37. The summed E-state index contributed by atoms with van der Waals surface area (Å²) >= 11 is 3.59. The van der Waals surface area contributed by atoms with Crippen LogP contribution in [0.1, 0.15) is 41.5 Å². The van der Waals surface area contributed by atoms with E-state index in [1.807, 2.05) is 22.6 Å². The van der Waals surface area contributed by atoms with Crippen LogP contribution >= 0.6 is 45.2 Å². The lowest BCUT2D eigenvalue weighted by Gasteiger charge is -2.48. The fraction of sp³-hybridized carbons (Fsp3) is 0.731. The Labute approximate surface area is 285 Å². The molecule has 0 saturated carbocycles. The second kappa shape index (κ2) is 18.1. The molecule has 0 unspecified atom stereocenters. The van der Waals surface area contributed by atoms with Gasteiger partial charge >= 0.3 is 41.8 Å². The third-order valence-corrected chi connectivity index (χ3v) is 7.57. The fourth-order valence-electron chi connectivity index (χ4n) is 4.45. The van der Waals surface area contributed by atoms with Crippen LogP contribution in [-0.2, 0) is 80.9 Å². The molecular weight excluding hydrogens is 838 g/mol. The molecule has 0 aliphatic carbocycles. The van der Waals surface area contributed by atoms with Gasteiger partial charge in [0.2, 0.25) is 0 Å². The summed E-state index contributed by atoms with van der Waals surface area (Å²) in [6, 6.07) is 0. The van der Waals surface area contributed by atoms with E-state index in [0.29, 0.717) is 0 Å². The van der Waals surface area contributed by atoms with Crippen molar-refractivity contribution in [1.82, 2.24) is 0 Å². The lowest BCUT2D eigenvalue weighted by molar-refractivity contribution is -0.340. The highest BCUT2D eigenvalue weighted by molar-refractivity contribution is 14.1. The summed E-state index contributed by atoms with van der Waals surface area (Å²) in [4.78, 5) is 84.4. The normalized spacial score (nSPS) is 31.0. The van der Waals surface area contributed by atoms with Gasteiger partial charge in [0.05, 0.1) is 4.43 Å². The number of ether oxygens (including phenoxy) is 10. The average Bonchev–Trinajstić information content (AvgIpc) is 2.91. The Morgan fingerprint density at radius 1 is 0.533 bits per heavy atom. The van der Waals surface area contributed by atoms with Gasteiger partial charge in [-0.2, -0.15) is 0 Å². The topological polar surface area (TPSA) is 212 Å².